The predicted octanol–water partition coefficient (Wildman–Crippen LogP) is 4.45. The topological polar surface area (TPSA) is 0 Å². The number of hydrogen-bond donors (Lipinski definition) is 0. The Bertz CT molecular complexity index is 84.0. The molecule has 0 nitrogen and oxygen atoms in total. The number of hydrogen-bond acceptors (Lipinski definition) is 0. The van der Waals surface area contributed by atoms with Crippen LogP contribution in [0.2, 0.25) is 0 Å². The first kappa shape index (κ1) is 12.0. The summed E-state index contributed by atoms with van der Waals surface area (Å²) in [5, 5.41) is 0. The summed E-state index contributed by atoms with van der Waals surface area (Å²) in [4.78, 5) is 0. The van der Waals surface area contributed by atoms with E-state index in [1.807, 2.05) is 0 Å². The lowest BCUT2D eigenvalue weighted by Crippen LogP contribution is -1.92. The van der Waals surface area contributed by atoms with Gasteiger partial charge in [-0.2, -0.15) is 0 Å². The summed E-state index contributed by atoms with van der Waals surface area (Å²) in [7, 11) is 0. The summed E-state index contributed by atoms with van der Waals surface area (Å²) in [6.07, 6.45) is 8.27. The van der Waals surface area contributed by atoms with Gasteiger partial charge in [0.15, 0.2) is 0 Å². The molecule has 0 spiro atoms. The van der Waals surface area contributed by atoms with E-state index in [2.05, 4.69) is 27.7 Å². The first-order valence-electron chi connectivity index (χ1n) is 5.49. The van der Waals surface area contributed by atoms with E-state index in [9.17, 15) is 0 Å². The van der Waals surface area contributed by atoms with Crippen LogP contribution in [0.15, 0.2) is 0 Å². The first-order chi connectivity index (χ1) is 5.66. The van der Waals surface area contributed by atoms with Gasteiger partial charge in [-0.15, -0.1) is 0 Å². The van der Waals surface area contributed by atoms with Crippen LogP contribution in [-0.4, -0.2) is 0 Å². The van der Waals surface area contributed by atoms with Gasteiger partial charge in [-0.05, 0) is 11.8 Å². The minimum atomic E-state index is 0.647. The van der Waals surface area contributed by atoms with Gasteiger partial charge in [0.1, 0.15) is 0 Å². The van der Waals surface area contributed by atoms with Crippen molar-refractivity contribution in [2.24, 2.45) is 11.8 Å². The highest BCUT2D eigenvalue weighted by Gasteiger charge is 1.98. The lowest BCUT2D eigenvalue weighted by molar-refractivity contribution is 0.465. The van der Waals surface area contributed by atoms with E-state index >= 15 is 0 Å². The van der Waals surface area contributed by atoms with E-state index in [-0.39, 0.29) is 0 Å². The molecule has 0 aromatic heterocycles. The molecule has 2 unspecified atom stereocenters. The summed E-state index contributed by atoms with van der Waals surface area (Å²) >= 11 is 0. The molecule has 0 heteroatoms. The minimum absolute atomic E-state index is 0.647. The quantitative estimate of drug-likeness (QED) is 0.494. The molecule has 0 fully saturated rings. The second kappa shape index (κ2) is 7.64. The van der Waals surface area contributed by atoms with Crippen LogP contribution in [0.1, 0.15) is 59.3 Å². The summed E-state index contributed by atoms with van der Waals surface area (Å²) in [5.41, 5.74) is 0. The summed E-state index contributed by atoms with van der Waals surface area (Å²) in [6.45, 7) is 10.8. The number of unbranched alkanes of at least 4 members (excludes halogenated alkanes) is 2. The Hall–Kier alpha value is 0. The molecule has 0 aromatic rings. The standard InChI is InChI=1S/C12H25/c1-5-12(4)10-8-6-7-9-11(2)3/h11-12H,2,5-10H2,1,3-4H3. The Labute approximate surface area is 78.8 Å². The molecule has 0 aliphatic carbocycles. The molecule has 2 atom stereocenters. The summed E-state index contributed by atoms with van der Waals surface area (Å²) in [5.74, 6) is 1.58. The normalized spacial score (nSPS) is 13.8. The van der Waals surface area contributed by atoms with E-state index in [4.69, 9.17) is 0 Å². The van der Waals surface area contributed by atoms with E-state index in [0.717, 1.165) is 5.92 Å². The third kappa shape index (κ3) is 8.10. The third-order valence-corrected chi connectivity index (χ3v) is 2.59. The van der Waals surface area contributed by atoms with Crippen molar-refractivity contribution in [3.63, 3.8) is 0 Å². The van der Waals surface area contributed by atoms with Gasteiger partial charge in [-0.1, -0.05) is 66.2 Å². The zero-order valence-electron chi connectivity index (χ0n) is 9.10. The van der Waals surface area contributed by atoms with Gasteiger partial charge in [0, 0.05) is 0 Å². The third-order valence-electron chi connectivity index (χ3n) is 2.59. The molecule has 73 valence electrons. The molecule has 0 saturated heterocycles. The van der Waals surface area contributed by atoms with Crippen molar-refractivity contribution in [3.8, 4) is 0 Å². The smallest absolute Gasteiger partial charge is 0.0443 e. The predicted molar refractivity (Wildman–Crippen MR) is 57.1 cm³/mol. The van der Waals surface area contributed by atoms with Crippen molar-refractivity contribution in [2.75, 3.05) is 0 Å². The van der Waals surface area contributed by atoms with Gasteiger partial charge in [-0.3, -0.25) is 0 Å². The lowest BCUT2D eigenvalue weighted by Gasteiger charge is -2.08. The molecule has 1 radical (unpaired) electrons. The van der Waals surface area contributed by atoms with Crippen molar-refractivity contribution < 1.29 is 0 Å². The summed E-state index contributed by atoms with van der Waals surface area (Å²) < 4.78 is 0. The molecule has 0 bridgehead atoms. The van der Waals surface area contributed by atoms with Crippen molar-refractivity contribution in [3.05, 3.63) is 6.92 Å². The maximum absolute atomic E-state index is 3.99. The fraction of sp³-hybridized carbons (Fsp3) is 0.917. The fourth-order valence-electron chi connectivity index (χ4n) is 1.37. The molecular formula is C12H25. The maximum atomic E-state index is 3.99. The van der Waals surface area contributed by atoms with Crippen LogP contribution < -0.4 is 0 Å². The molecule has 0 amide bonds. The Morgan fingerprint density at radius 1 is 1.00 bits per heavy atom. The Morgan fingerprint density at radius 3 is 2.08 bits per heavy atom. The van der Waals surface area contributed by atoms with Gasteiger partial charge in [0.05, 0.1) is 0 Å². The fourth-order valence-corrected chi connectivity index (χ4v) is 1.37. The molecule has 12 heavy (non-hydrogen) atoms. The zero-order chi connectivity index (χ0) is 9.40. The van der Waals surface area contributed by atoms with Crippen LogP contribution in [0.3, 0.4) is 0 Å². The number of rotatable bonds is 7. The van der Waals surface area contributed by atoms with E-state index < -0.39 is 0 Å². The van der Waals surface area contributed by atoms with Crippen LogP contribution in [0, 0.1) is 18.8 Å². The molecule has 0 aliphatic rings. The average molecular weight is 169 g/mol. The largest absolute Gasteiger partial charge is 0.0651 e. The first-order valence-corrected chi connectivity index (χ1v) is 5.49. The Balaban J connectivity index is 3.00. The lowest BCUT2D eigenvalue weighted by atomic mass is 9.99. The van der Waals surface area contributed by atoms with E-state index in [0.29, 0.717) is 5.92 Å². The van der Waals surface area contributed by atoms with Crippen LogP contribution >= 0.6 is 0 Å². The van der Waals surface area contributed by atoms with Crippen molar-refractivity contribution in [2.45, 2.75) is 59.3 Å². The SMILES string of the molecule is [CH2]C(C)CCCCCC(C)CC. The molecule has 0 rings (SSSR count). The van der Waals surface area contributed by atoms with Crippen LogP contribution in [0.4, 0.5) is 0 Å². The van der Waals surface area contributed by atoms with Crippen LogP contribution in [0.5, 0.6) is 0 Å². The van der Waals surface area contributed by atoms with Crippen molar-refractivity contribution in [1.29, 1.82) is 0 Å². The molecular weight excluding hydrogens is 144 g/mol. The molecule has 0 aliphatic heterocycles. The molecule has 0 N–H and O–H groups in total. The molecule has 0 saturated carbocycles. The minimum Gasteiger partial charge on any atom is -0.0651 e. The highest BCUT2D eigenvalue weighted by molar-refractivity contribution is 4.55. The highest BCUT2D eigenvalue weighted by atomic mass is 14.0. The summed E-state index contributed by atoms with van der Waals surface area (Å²) in [6, 6.07) is 0. The van der Waals surface area contributed by atoms with Gasteiger partial charge in [-0.25, -0.2) is 0 Å². The van der Waals surface area contributed by atoms with Crippen LogP contribution in [0.25, 0.3) is 0 Å². The van der Waals surface area contributed by atoms with E-state index in [1.165, 1.54) is 38.5 Å². The van der Waals surface area contributed by atoms with Gasteiger partial charge >= 0.3 is 0 Å². The van der Waals surface area contributed by atoms with Crippen LogP contribution in [-0.2, 0) is 0 Å². The van der Waals surface area contributed by atoms with E-state index in [1.54, 1.807) is 0 Å². The highest BCUT2D eigenvalue weighted by Crippen LogP contribution is 2.14. The van der Waals surface area contributed by atoms with Gasteiger partial charge in [0.25, 0.3) is 0 Å². The maximum Gasteiger partial charge on any atom is -0.0443 e. The monoisotopic (exact) mass is 169 g/mol. The van der Waals surface area contributed by atoms with Crippen molar-refractivity contribution in [1.82, 2.24) is 0 Å². The Morgan fingerprint density at radius 2 is 1.58 bits per heavy atom. The Kier molecular flexibility index (Phi) is 7.64. The second-order valence-electron chi connectivity index (χ2n) is 4.26. The second-order valence-corrected chi connectivity index (χ2v) is 4.26. The average Bonchev–Trinajstić information content (AvgIpc) is 2.03. The van der Waals surface area contributed by atoms with Gasteiger partial charge < -0.3 is 0 Å². The molecule has 0 aromatic carbocycles. The molecule has 0 heterocycles. The zero-order valence-corrected chi connectivity index (χ0v) is 9.10. The van der Waals surface area contributed by atoms with Crippen molar-refractivity contribution >= 4 is 0 Å². The van der Waals surface area contributed by atoms with Gasteiger partial charge in [0.2, 0.25) is 0 Å².